The number of fused-ring (bicyclic) bond motifs is 1. The minimum absolute atomic E-state index is 0.151. The number of carbonyl (C=O) groups is 1. The van der Waals surface area contributed by atoms with Crippen molar-refractivity contribution in [1.29, 1.82) is 0 Å². The van der Waals surface area contributed by atoms with Gasteiger partial charge >= 0.3 is 0 Å². The number of benzene rings is 1. The van der Waals surface area contributed by atoms with Gasteiger partial charge in [-0.25, -0.2) is 8.42 Å². The van der Waals surface area contributed by atoms with E-state index < -0.39 is 10.0 Å². The number of sulfonamides is 1. The molecule has 2 aromatic rings. The molecule has 2 aliphatic heterocycles. The topological polar surface area (TPSA) is 73.8 Å². The predicted molar refractivity (Wildman–Crippen MR) is 117 cm³/mol. The minimum Gasteiger partial charge on any atom is -0.371 e. The molecule has 0 saturated carbocycles. The molecule has 8 heteroatoms. The van der Waals surface area contributed by atoms with E-state index in [-0.39, 0.29) is 10.8 Å². The van der Waals surface area contributed by atoms with Gasteiger partial charge in [0.25, 0.3) is 5.91 Å². The van der Waals surface area contributed by atoms with Crippen LogP contribution in [0.15, 0.2) is 47.6 Å². The molecule has 0 unspecified atom stereocenters. The second-order valence-corrected chi connectivity index (χ2v) is 10.5. The summed E-state index contributed by atoms with van der Waals surface area (Å²) in [6, 6.07) is 8.21. The molecule has 4 rings (SSSR count). The summed E-state index contributed by atoms with van der Waals surface area (Å²) < 4.78 is 27.7. The molecule has 0 spiro atoms. The van der Waals surface area contributed by atoms with Crippen LogP contribution >= 0.6 is 0 Å². The number of rotatable bonds is 3. The highest BCUT2D eigenvalue weighted by Crippen LogP contribution is 2.32. The van der Waals surface area contributed by atoms with Crippen molar-refractivity contribution in [3.63, 3.8) is 0 Å². The molecule has 1 fully saturated rings. The van der Waals surface area contributed by atoms with Gasteiger partial charge < -0.3 is 9.80 Å². The highest BCUT2D eigenvalue weighted by atomic mass is 32.2. The first-order valence-electron chi connectivity index (χ1n) is 10.3. The lowest BCUT2D eigenvalue weighted by molar-refractivity contribution is 0.0986. The van der Waals surface area contributed by atoms with E-state index in [0.29, 0.717) is 37.0 Å². The minimum atomic E-state index is -3.56. The molecule has 0 aliphatic carbocycles. The van der Waals surface area contributed by atoms with Crippen molar-refractivity contribution in [2.75, 3.05) is 43.0 Å². The third kappa shape index (κ3) is 3.81. The van der Waals surface area contributed by atoms with Crippen molar-refractivity contribution in [2.24, 2.45) is 11.8 Å². The van der Waals surface area contributed by atoms with Gasteiger partial charge in [-0.15, -0.1) is 0 Å². The fourth-order valence-corrected chi connectivity index (χ4v) is 6.17. The van der Waals surface area contributed by atoms with Gasteiger partial charge in [-0.3, -0.25) is 9.78 Å². The maximum Gasteiger partial charge on any atom is 0.258 e. The number of carbonyl (C=O) groups excluding carboxylic acids is 1. The number of pyridine rings is 1. The Kier molecular flexibility index (Phi) is 5.55. The van der Waals surface area contributed by atoms with E-state index in [2.05, 4.69) is 23.7 Å². The summed E-state index contributed by atoms with van der Waals surface area (Å²) >= 11 is 0. The normalized spacial score (nSPS) is 22.6. The summed E-state index contributed by atoms with van der Waals surface area (Å²) in [6.07, 6.45) is 4.45. The van der Waals surface area contributed by atoms with Gasteiger partial charge in [0.1, 0.15) is 0 Å². The van der Waals surface area contributed by atoms with Crippen LogP contribution in [0.1, 0.15) is 30.6 Å². The van der Waals surface area contributed by atoms with Crippen LogP contribution in [0.25, 0.3) is 0 Å². The Balaban J connectivity index is 1.57. The molecule has 30 heavy (non-hydrogen) atoms. The van der Waals surface area contributed by atoms with E-state index in [1.54, 1.807) is 45.9 Å². The molecule has 1 amide bonds. The predicted octanol–water partition coefficient (Wildman–Crippen LogP) is 2.84. The van der Waals surface area contributed by atoms with Crippen LogP contribution in [0.4, 0.5) is 11.4 Å². The Bertz CT molecular complexity index is 1030. The Morgan fingerprint density at radius 1 is 1.00 bits per heavy atom. The third-order valence-electron chi connectivity index (χ3n) is 5.96. The Morgan fingerprint density at radius 2 is 1.67 bits per heavy atom. The first-order chi connectivity index (χ1) is 14.3. The van der Waals surface area contributed by atoms with Crippen molar-refractivity contribution >= 4 is 27.3 Å². The molecular weight excluding hydrogens is 400 g/mol. The van der Waals surface area contributed by atoms with Crippen LogP contribution < -0.4 is 9.80 Å². The van der Waals surface area contributed by atoms with Gasteiger partial charge in [0.2, 0.25) is 10.0 Å². The maximum atomic E-state index is 13.1. The van der Waals surface area contributed by atoms with Crippen LogP contribution in [-0.4, -0.2) is 56.8 Å². The number of hydrogen-bond acceptors (Lipinski definition) is 5. The van der Waals surface area contributed by atoms with E-state index in [1.165, 1.54) is 0 Å². The average Bonchev–Trinajstić information content (AvgIpc) is 2.73. The number of nitrogens with zero attached hydrogens (tertiary/aromatic N) is 4. The number of aromatic nitrogens is 1. The maximum absolute atomic E-state index is 13.1. The lowest BCUT2D eigenvalue weighted by atomic mass is 9.94. The summed E-state index contributed by atoms with van der Waals surface area (Å²) in [7, 11) is -1.57. The molecule has 0 bridgehead atoms. The van der Waals surface area contributed by atoms with E-state index in [1.807, 2.05) is 13.1 Å². The van der Waals surface area contributed by atoms with E-state index in [4.69, 9.17) is 0 Å². The van der Waals surface area contributed by atoms with E-state index in [9.17, 15) is 13.2 Å². The SMILES string of the molecule is C[C@@H]1C[C@H](C)CN(S(=O)(=O)c2ccc(C(=O)N3CCN(C)c4ccncc43)cc2)C1. The number of hydrogen-bond donors (Lipinski definition) is 0. The second kappa shape index (κ2) is 8.00. The van der Waals surface area contributed by atoms with E-state index >= 15 is 0 Å². The van der Waals surface area contributed by atoms with Crippen LogP contribution in [0.2, 0.25) is 0 Å². The lowest BCUT2D eigenvalue weighted by Crippen LogP contribution is -2.43. The van der Waals surface area contributed by atoms with Crippen molar-refractivity contribution in [2.45, 2.75) is 25.2 Å². The quantitative estimate of drug-likeness (QED) is 0.752. The number of anilines is 2. The number of amides is 1. The highest BCUT2D eigenvalue weighted by molar-refractivity contribution is 7.89. The fraction of sp³-hybridized carbons (Fsp3) is 0.455. The van der Waals surface area contributed by atoms with Gasteiger partial charge in [-0.1, -0.05) is 13.8 Å². The smallest absolute Gasteiger partial charge is 0.258 e. The van der Waals surface area contributed by atoms with Gasteiger partial charge in [0, 0.05) is 45.0 Å². The molecule has 1 saturated heterocycles. The summed E-state index contributed by atoms with van der Waals surface area (Å²) in [4.78, 5) is 21.3. The largest absolute Gasteiger partial charge is 0.371 e. The summed E-state index contributed by atoms with van der Waals surface area (Å²) in [6.45, 7) is 6.53. The van der Waals surface area contributed by atoms with Crippen LogP contribution in [0.3, 0.4) is 0 Å². The van der Waals surface area contributed by atoms with Crippen molar-refractivity contribution in [3.05, 3.63) is 48.3 Å². The Labute approximate surface area is 178 Å². The van der Waals surface area contributed by atoms with Crippen molar-refractivity contribution in [3.8, 4) is 0 Å². The zero-order chi connectivity index (χ0) is 21.5. The lowest BCUT2D eigenvalue weighted by Gasteiger charge is -2.35. The van der Waals surface area contributed by atoms with Gasteiger partial charge in [0.15, 0.2) is 0 Å². The molecule has 0 N–H and O–H groups in total. The molecule has 160 valence electrons. The zero-order valence-electron chi connectivity index (χ0n) is 17.7. The highest BCUT2D eigenvalue weighted by Gasteiger charge is 2.32. The molecule has 1 aromatic carbocycles. The number of likely N-dealkylation sites (N-methyl/N-ethyl adjacent to an activating group) is 1. The first-order valence-corrected chi connectivity index (χ1v) is 11.8. The van der Waals surface area contributed by atoms with Crippen LogP contribution in [-0.2, 0) is 10.0 Å². The molecule has 2 aliphatic rings. The van der Waals surface area contributed by atoms with Crippen LogP contribution in [0, 0.1) is 11.8 Å². The summed E-state index contributed by atoms with van der Waals surface area (Å²) in [5.41, 5.74) is 2.19. The molecule has 1 aromatic heterocycles. The number of piperidine rings is 1. The first kappa shape index (κ1) is 20.8. The van der Waals surface area contributed by atoms with Crippen molar-refractivity contribution in [1.82, 2.24) is 9.29 Å². The molecule has 2 atom stereocenters. The molecule has 3 heterocycles. The molecule has 0 radical (unpaired) electrons. The fourth-order valence-electron chi connectivity index (χ4n) is 4.49. The summed E-state index contributed by atoms with van der Waals surface area (Å²) in [5.74, 6) is 0.534. The van der Waals surface area contributed by atoms with E-state index in [0.717, 1.165) is 24.3 Å². The Hall–Kier alpha value is -2.45. The molecule has 7 nitrogen and oxygen atoms in total. The monoisotopic (exact) mass is 428 g/mol. The van der Waals surface area contributed by atoms with Crippen LogP contribution in [0.5, 0.6) is 0 Å². The Morgan fingerprint density at radius 3 is 2.33 bits per heavy atom. The zero-order valence-corrected chi connectivity index (χ0v) is 18.5. The summed E-state index contributed by atoms with van der Waals surface area (Å²) in [5, 5.41) is 0. The second-order valence-electron chi connectivity index (χ2n) is 8.54. The average molecular weight is 429 g/mol. The van der Waals surface area contributed by atoms with Gasteiger partial charge in [-0.05, 0) is 48.6 Å². The standard InChI is InChI=1S/C22H28N4O3S/c1-16-12-17(2)15-25(14-16)30(28,29)19-6-4-18(5-7-19)22(27)26-11-10-24(3)20-8-9-23-13-21(20)26/h4-9,13,16-17H,10-12,14-15H2,1-3H3/t16-,17+. The van der Waals surface area contributed by atoms with Gasteiger partial charge in [0.05, 0.1) is 22.5 Å². The third-order valence-corrected chi connectivity index (χ3v) is 7.80. The van der Waals surface area contributed by atoms with Crippen molar-refractivity contribution < 1.29 is 13.2 Å². The molecular formula is C22H28N4O3S. The van der Waals surface area contributed by atoms with Gasteiger partial charge in [-0.2, -0.15) is 4.31 Å².